The summed E-state index contributed by atoms with van der Waals surface area (Å²) in [6, 6.07) is 24.0. The fourth-order valence-electron chi connectivity index (χ4n) is 4.54. The molecule has 1 radical (unpaired) electrons. The van der Waals surface area contributed by atoms with Gasteiger partial charge in [-0.05, 0) is 62.4 Å². The number of aromatic nitrogens is 4. The first-order valence-corrected chi connectivity index (χ1v) is 17.9. The van der Waals surface area contributed by atoms with Gasteiger partial charge in [-0.25, -0.2) is 36.5 Å². The van der Waals surface area contributed by atoms with E-state index in [4.69, 9.17) is 10.3 Å². The van der Waals surface area contributed by atoms with Crippen molar-refractivity contribution >= 4 is 42.8 Å². The molecule has 6 rings (SSSR count). The van der Waals surface area contributed by atoms with Crippen LogP contribution in [0, 0.1) is 13.8 Å². The van der Waals surface area contributed by atoms with E-state index in [9.17, 15) is 36.6 Å². The number of nitrogens with two attached hydrogens (primary N) is 2. The van der Waals surface area contributed by atoms with E-state index in [1.54, 1.807) is 62.4 Å². The molecule has 6 N–H and O–H groups in total. The summed E-state index contributed by atoms with van der Waals surface area (Å²) in [6.45, 7) is 3.27. The SMILES string of the molecule is Cc1[nH]n(-c2ccccc2)c(=O)c1N=Nc1cc(S(N)(=O)=O)ccc1[O-].Cc1[nH]n(-c2ccccc2)c(=O)c1N=Nc1cc(S(N)(=O)=O)ccc1[O-].[Cr+3].[Li+]. The molecule has 0 aliphatic carbocycles. The van der Waals surface area contributed by atoms with E-state index < -0.39 is 42.7 Å². The van der Waals surface area contributed by atoms with E-state index >= 15 is 0 Å². The zero-order valence-corrected chi connectivity index (χ0v) is 31.5. The normalized spacial score (nSPS) is 11.5. The standard InChI is InChI=1S/2C16H15N5O4S.Cr.Li/c2*1-10-15(16(23)21(20-10)11-5-3-2-4-6-11)19-18-13-9-12(26(17,24)25)7-8-14(13)22;;/h2*2-9,20,22H,1H3,(H2,17,24,25);;/q;;+3;+1/p-2. The molecule has 271 valence electrons. The summed E-state index contributed by atoms with van der Waals surface area (Å²) in [5.41, 5.74) is 0.759. The summed E-state index contributed by atoms with van der Waals surface area (Å²) < 4.78 is 48.1. The van der Waals surface area contributed by atoms with Crippen LogP contribution in [0.15, 0.2) is 137 Å². The zero-order valence-electron chi connectivity index (χ0n) is 28.6. The molecule has 0 bridgehead atoms. The molecule has 0 aliphatic heterocycles. The Morgan fingerprint density at radius 1 is 0.574 bits per heavy atom. The van der Waals surface area contributed by atoms with Gasteiger partial charge in [0.2, 0.25) is 20.0 Å². The van der Waals surface area contributed by atoms with Crippen LogP contribution in [0.25, 0.3) is 11.4 Å². The number of primary sulfonamides is 2. The van der Waals surface area contributed by atoms with Gasteiger partial charge in [0, 0.05) is 0 Å². The Morgan fingerprint density at radius 2 is 0.907 bits per heavy atom. The smallest absolute Gasteiger partial charge is 0.871 e. The van der Waals surface area contributed by atoms with E-state index in [1.165, 1.54) is 9.36 Å². The molecular formula is C32H28CrLiN10O8S2+2. The van der Waals surface area contributed by atoms with Crippen LogP contribution in [0.3, 0.4) is 0 Å². The van der Waals surface area contributed by atoms with Crippen molar-refractivity contribution in [3.8, 4) is 22.9 Å². The maximum Gasteiger partial charge on any atom is 3.00 e. The summed E-state index contributed by atoms with van der Waals surface area (Å²) in [7, 11) is -7.97. The number of nitrogens with one attached hydrogen (secondary N) is 2. The number of hydrogen-bond donors (Lipinski definition) is 4. The number of sulfonamides is 2. The number of azo groups is 2. The number of para-hydroxylation sites is 2. The van der Waals surface area contributed by atoms with Crippen LogP contribution in [0.2, 0.25) is 0 Å². The minimum absolute atomic E-state index is 0. The fourth-order valence-corrected chi connectivity index (χ4v) is 5.61. The predicted molar refractivity (Wildman–Crippen MR) is 185 cm³/mol. The minimum atomic E-state index is -3.99. The monoisotopic (exact) mass is 803 g/mol. The van der Waals surface area contributed by atoms with Gasteiger partial charge in [0.05, 0.1) is 43.9 Å². The van der Waals surface area contributed by atoms with Gasteiger partial charge in [0.25, 0.3) is 11.1 Å². The second kappa shape index (κ2) is 17.6. The molecule has 0 atom stereocenters. The fraction of sp³-hybridized carbons (Fsp3) is 0.0625. The molecule has 6 aromatic rings. The van der Waals surface area contributed by atoms with Crippen LogP contribution in [0.5, 0.6) is 11.5 Å². The third-order valence-electron chi connectivity index (χ3n) is 7.14. The largest absolute Gasteiger partial charge is 3.00 e. The summed E-state index contributed by atoms with van der Waals surface area (Å²) >= 11 is 0. The Morgan fingerprint density at radius 3 is 1.22 bits per heavy atom. The Balaban J connectivity index is 0.000000280. The van der Waals surface area contributed by atoms with Crippen molar-refractivity contribution in [2.45, 2.75) is 23.6 Å². The van der Waals surface area contributed by atoms with Gasteiger partial charge < -0.3 is 10.2 Å². The van der Waals surface area contributed by atoms with Gasteiger partial charge in [-0.2, -0.15) is 10.2 Å². The first-order chi connectivity index (χ1) is 24.5. The first kappa shape index (κ1) is 43.1. The van der Waals surface area contributed by atoms with Crippen LogP contribution in [0.1, 0.15) is 11.4 Å². The average molecular weight is 804 g/mol. The Bertz CT molecular complexity index is 2490. The molecule has 2 aromatic heterocycles. The van der Waals surface area contributed by atoms with Crippen LogP contribution in [-0.2, 0) is 37.4 Å². The molecule has 0 aliphatic rings. The van der Waals surface area contributed by atoms with Gasteiger partial charge in [-0.3, -0.25) is 19.8 Å². The summed E-state index contributed by atoms with van der Waals surface area (Å²) in [5.74, 6) is -1.09. The molecule has 0 amide bonds. The van der Waals surface area contributed by atoms with Crippen LogP contribution in [0.4, 0.5) is 22.7 Å². The molecule has 0 unspecified atom stereocenters. The van der Waals surface area contributed by atoms with E-state index in [0.717, 1.165) is 36.4 Å². The maximum atomic E-state index is 12.5. The molecule has 0 fully saturated rings. The summed E-state index contributed by atoms with van der Waals surface area (Å²) in [6.07, 6.45) is 0. The third-order valence-corrected chi connectivity index (χ3v) is 8.96. The molecule has 0 spiro atoms. The van der Waals surface area contributed by atoms with Gasteiger partial charge >= 0.3 is 36.2 Å². The van der Waals surface area contributed by atoms with Gasteiger partial charge in [-0.1, -0.05) is 60.0 Å². The predicted octanol–water partition coefficient (Wildman–Crippen LogP) is 0.222. The second-order valence-corrected chi connectivity index (χ2v) is 14.0. The number of H-pyrrole nitrogens is 2. The molecule has 18 nitrogen and oxygen atoms in total. The topological polar surface area (TPSA) is 291 Å². The number of benzene rings is 4. The van der Waals surface area contributed by atoms with E-state index in [0.29, 0.717) is 22.8 Å². The first-order valence-electron chi connectivity index (χ1n) is 14.8. The van der Waals surface area contributed by atoms with Crippen molar-refractivity contribution in [3.05, 3.63) is 129 Å². The van der Waals surface area contributed by atoms with Gasteiger partial charge in [0.15, 0.2) is 11.4 Å². The molecule has 22 heteroatoms. The maximum absolute atomic E-state index is 12.5. The van der Waals surface area contributed by atoms with Crippen molar-refractivity contribution in [2.24, 2.45) is 30.7 Å². The molecule has 2 heterocycles. The van der Waals surface area contributed by atoms with Crippen molar-refractivity contribution in [1.29, 1.82) is 0 Å². The van der Waals surface area contributed by atoms with E-state index in [1.807, 2.05) is 12.1 Å². The molecule has 0 saturated heterocycles. The number of hydrogen-bond acceptors (Lipinski definition) is 12. The van der Waals surface area contributed by atoms with Gasteiger partial charge in [-0.15, -0.1) is 10.2 Å². The minimum Gasteiger partial charge on any atom is -0.871 e. The Labute approximate surface area is 330 Å². The summed E-state index contributed by atoms with van der Waals surface area (Å²) in [5, 5.41) is 54.6. The van der Waals surface area contributed by atoms with Crippen molar-refractivity contribution in [3.63, 3.8) is 0 Å². The number of nitrogens with zero attached hydrogens (tertiary/aromatic N) is 6. The second-order valence-electron chi connectivity index (χ2n) is 10.9. The number of aryl methyl sites for hydroxylation is 2. The molecule has 54 heavy (non-hydrogen) atoms. The van der Waals surface area contributed by atoms with Crippen molar-refractivity contribution in [1.82, 2.24) is 19.6 Å². The number of aromatic amines is 2. The third kappa shape index (κ3) is 9.99. The van der Waals surface area contributed by atoms with Crippen molar-refractivity contribution in [2.75, 3.05) is 0 Å². The molecule has 0 saturated carbocycles. The quantitative estimate of drug-likeness (QED) is 0.122. The average Bonchev–Trinajstić information content (AvgIpc) is 3.56. The summed E-state index contributed by atoms with van der Waals surface area (Å²) in [4.78, 5) is 24.5. The molecular weight excluding hydrogens is 775 g/mol. The van der Waals surface area contributed by atoms with Crippen LogP contribution in [-0.4, -0.2) is 36.4 Å². The zero-order chi connectivity index (χ0) is 37.8. The number of rotatable bonds is 8. The Kier molecular flexibility index (Phi) is 14.1. The van der Waals surface area contributed by atoms with Crippen LogP contribution < -0.4 is 50.5 Å². The Hall–Kier alpha value is -5.35. The van der Waals surface area contributed by atoms with Gasteiger partial charge in [0.1, 0.15) is 0 Å². The van der Waals surface area contributed by atoms with E-state index in [-0.39, 0.29) is 68.8 Å². The molecule has 4 aromatic carbocycles. The van der Waals surface area contributed by atoms with Crippen LogP contribution >= 0.6 is 0 Å². The van der Waals surface area contributed by atoms with Crippen molar-refractivity contribution < 1.29 is 63.3 Å². The van der Waals surface area contributed by atoms with E-state index in [2.05, 4.69) is 30.7 Å².